The highest BCUT2D eigenvalue weighted by molar-refractivity contribution is 6.09. The number of nitrogens with zero attached hydrogens (tertiary/aromatic N) is 1. The molecule has 1 aliphatic rings. The molecule has 0 atom stereocenters. The number of aryl methyl sites for hydroxylation is 2. The van der Waals surface area contributed by atoms with Crippen molar-refractivity contribution in [2.24, 2.45) is 0 Å². The molecule has 2 heterocycles. The molecule has 0 aliphatic carbocycles. The molecule has 4 rings (SSSR count). The Hall–Kier alpha value is -3.28. The van der Waals surface area contributed by atoms with Gasteiger partial charge in [-0.3, -0.25) is 4.79 Å². The molecule has 0 spiro atoms. The van der Waals surface area contributed by atoms with Gasteiger partial charge in [-0.25, -0.2) is 4.79 Å². The van der Waals surface area contributed by atoms with E-state index in [1.807, 2.05) is 25.1 Å². The Morgan fingerprint density at radius 1 is 1.19 bits per heavy atom. The highest BCUT2D eigenvalue weighted by Crippen LogP contribution is 2.32. The van der Waals surface area contributed by atoms with Gasteiger partial charge in [0.2, 0.25) is 0 Å². The quantitative estimate of drug-likeness (QED) is 0.741. The van der Waals surface area contributed by atoms with Crippen LogP contribution < -0.4 is 9.64 Å². The molecular formula is C21H20N2O4. The largest absolute Gasteiger partial charge is 0.497 e. The number of carbonyl (C=O) groups excluding carboxylic acids is 1. The van der Waals surface area contributed by atoms with Gasteiger partial charge in [0.25, 0.3) is 5.91 Å². The highest BCUT2D eigenvalue weighted by Gasteiger charge is 2.25. The van der Waals surface area contributed by atoms with Gasteiger partial charge >= 0.3 is 5.97 Å². The van der Waals surface area contributed by atoms with Crippen LogP contribution in [0.4, 0.5) is 5.69 Å². The fourth-order valence-corrected chi connectivity index (χ4v) is 3.71. The lowest BCUT2D eigenvalue weighted by molar-refractivity contribution is 0.0696. The number of amides is 1. The summed E-state index contributed by atoms with van der Waals surface area (Å²) in [5.74, 6) is -0.319. The number of nitrogens with one attached hydrogen (secondary N) is 1. The van der Waals surface area contributed by atoms with Gasteiger partial charge in [-0.15, -0.1) is 0 Å². The summed E-state index contributed by atoms with van der Waals surface area (Å²) in [4.78, 5) is 29.3. The van der Waals surface area contributed by atoms with E-state index in [1.54, 1.807) is 30.2 Å². The topological polar surface area (TPSA) is 82.6 Å². The minimum atomic E-state index is -0.985. The van der Waals surface area contributed by atoms with Gasteiger partial charge in [0.05, 0.1) is 12.7 Å². The predicted octanol–water partition coefficient (Wildman–Crippen LogP) is 3.78. The van der Waals surface area contributed by atoms with E-state index in [0.717, 1.165) is 40.8 Å². The van der Waals surface area contributed by atoms with Crippen LogP contribution in [0.25, 0.3) is 10.9 Å². The maximum atomic E-state index is 13.2. The Balaban J connectivity index is 1.74. The zero-order chi connectivity index (χ0) is 19.1. The fourth-order valence-electron chi connectivity index (χ4n) is 3.71. The van der Waals surface area contributed by atoms with Crippen molar-refractivity contribution in [3.8, 4) is 5.75 Å². The first-order valence-corrected chi connectivity index (χ1v) is 8.83. The van der Waals surface area contributed by atoms with E-state index in [0.29, 0.717) is 17.8 Å². The second-order valence-corrected chi connectivity index (χ2v) is 6.80. The Kier molecular flexibility index (Phi) is 4.11. The van der Waals surface area contributed by atoms with Gasteiger partial charge < -0.3 is 19.7 Å². The third-order valence-electron chi connectivity index (χ3n) is 5.07. The molecule has 0 radical (unpaired) electrons. The van der Waals surface area contributed by atoms with Crippen LogP contribution in [0.5, 0.6) is 5.75 Å². The van der Waals surface area contributed by atoms with Gasteiger partial charge in [-0.2, -0.15) is 0 Å². The SMILES string of the molecule is COc1ccc2c(c1)CCCN2C(=O)c1cc2c(C)cc(C(=O)O)cc2[nH]1. The molecular weight excluding hydrogens is 344 g/mol. The summed E-state index contributed by atoms with van der Waals surface area (Å²) in [6.45, 7) is 2.49. The predicted molar refractivity (Wildman–Crippen MR) is 103 cm³/mol. The van der Waals surface area contributed by atoms with Crippen molar-refractivity contribution in [1.82, 2.24) is 4.98 Å². The standard InChI is InChI=1S/C21H20N2O4/c1-12-8-14(21(25)26)10-17-16(12)11-18(22-17)20(24)23-7-3-4-13-9-15(27-2)5-6-19(13)23/h5-6,8-11,22H,3-4,7H2,1-2H3,(H,25,26). The molecule has 1 amide bonds. The Bertz CT molecular complexity index is 1070. The molecule has 6 heteroatoms. The van der Waals surface area contributed by atoms with Crippen LogP contribution in [-0.4, -0.2) is 35.6 Å². The summed E-state index contributed by atoms with van der Waals surface area (Å²) in [5.41, 5.74) is 4.13. The first kappa shape index (κ1) is 17.1. The first-order chi connectivity index (χ1) is 13.0. The molecule has 27 heavy (non-hydrogen) atoms. The Labute approximate surface area is 156 Å². The van der Waals surface area contributed by atoms with Crippen LogP contribution in [-0.2, 0) is 6.42 Å². The van der Waals surface area contributed by atoms with Gasteiger partial charge in [0, 0.05) is 23.1 Å². The van der Waals surface area contributed by atoms with Crippen LogP contribution in [0.1, 0.15) is 38.4 Å². The molecule has 0 unspecified atom stereocenters. The molecule has 1 aromatic heterocycles. The number of hydrogen-bond acceptors (Lipinski definition) is 3. The van der Waals surface area contributed by atoms with Crippen molar-refractivity contribution in [2.75, 3.05) is 18.6 Å². The van der Waals surface area contributed by atoms with E-state index in [4.69, 9.17) is 4.74 Å². The van der Waals surface area contributed by atoms with Crippen LogP contribution in [0.2, 0.25) is 0 Å². The van der Waals surface area contributed by atoms with E-state index in [2.05, 4.69) is 4.98 Å². The number of ether oxygens (including phenoxy) is 1. The normalized spacial score (nSPS) is 13.5. The number of H-pyrrole nitrogens is 1. The number of carboxylic acid groups (broad SMARTS) is 1. The van der Waals surface area contributed by atoms with Gasteiger partial charge in [-0.1, -0.05) is 0 Å². The van der Waals surface area contributed by atoms with Crippen molar-refractivity contribution in [2.45, 2.75) is 19.8 Å². The zero-order valence-electron chi connectivity index (χ0n) is 15.2. The second-order valence-electron chi connectivity index (χ2n) is 6.80. The average Bonchev–Trinajstić information content (AvgIpc) is 3.11. The number of methoxy groups -OCH3 is 1. The van der Waals surface area contributed by atoms with Crippen molar-refractivity contribution in [3.05, 3.63) is 58.8 Å². The summed E-state index contributed by atoms with van der Waals surface area (Å²) in [5, 5.41) is 10.1. The minimum Gasteiger partial charge on any atom is -0.497 e. The monoisotopic (exact) mass is 364 g/mol. The Morgan fingerprint density at radius 2 is 2.00 bits per heavy atom. The van der Waals surface area contributed by atoms with Crippen molar-refractivity contribution in [1.29, 1.82) is 0 Å². The number of carbonyl (C=O) groups is 2. The van der Waals surface area contributed by atoms with E-state index in [-0.39, 0.29) is 11.5 Å². The second kappa shape index (κ2) is 6.46. The molecule has 0 saturated carbocycles. The summed E-state index contributed by atoms with van der Waals surface area (Å²) >= 11 is 0. The van der Waals surface area contributed by atoms with E-state index < -0.39 is 5.97 Å². The number of fused-ring (bicyclic) bond motifs is 2. The summed E-state index contributed by atoms with van der Waals surface area (Å²) in [7, 11) is 1.63. The lowest BCUT2D eigenvalue weighted by Crippen LogP contribution is -2.35. The van der Waals surface area contributed by atoms with E-state index in [1.165, 1.54) is 0 Å². The molecule has 138 valence electrons. The molecule has 6 nitrogen and oxygen atoms in total. The summed E-state index contributed by atoms with van der Waals surface area (Å²) in [6, 6.07) is 10.7. The lowest BCUT2D eigenvalue weighted by Gasteiger charge is -2.29. The number of benzene rings is 2. The molecule has 1 aliphatic heterocycles. The van der Waals surface area contributed by atoms with Crippen LogP contribution in [0.3, 0.4) is 0 Å². The lowest BCUT2D eigenvalue weighted by atomic mass is 10.0. The van der Waals surface area contributed by atoms with Gasteiger partial charge in [-0.05, 0) is 67.3 Å². The number of aromatic amines is 1. The number of aromatic nitrogens is 1. The van der Waals surface area contributed by atoms with Crippen LogP contribution in [0.15, 0.2) is 36.4 Å². The highest BCUT2D eigenvalue weighted by atomic mass is 16.5. The van der Waals surface area contributed by atoms with Crippen molar-refractivity contribution in [3.63, 3.8) is 0 Å². The minimum absolute atomic E-state index is 0.117. The molecule has 2 N–H and O–H groups in total. The number of anilines is 1. The summed E-state index contributed by atoms with van der Waals surface area (Å²) in [6.07, 6.45) is 1.79. The van der Waals surface area contributed by atoms with Crippen molar-refractivity contribution >= 4 is 28.5 Å². The third kappa shape index (κ3) is 2.93. The smallest absolute Gasteiger partial charge is 0.335 e. The van der Waals surface area contributed by atoms with Crippen LogP contribution in [0, 0.1) is 6.92 Å². The molecule has 0 fully saturated rings. The maximum Gasteiger partial charge on any atom is 0.335 e. The fraction of sp³-hybridized carbons (Fsp3) is 0.238. The van der Waals surface area contributed by atoms with E-state index >= 15 is 0 Å². The van der Waals surface area contributed by atoms with Crippen molar-refractivity contribution < 1.29 is 19.4 Å². The van der Waals surface area contributed by atoms with Crippen LogP contribution >= 0.6 is 0 Å². The third-order valence-corrected chi connectivity index (χ3v) is 5.07. The van der Waals surface area contributed by atoms with E-state index in [9.17, 15) is 14.7 Å². The Morgan fingerprint density at radius 3 is 2.74 bits per heavy atom. The number of rotatable bonds is 3. The molecule has 0 saturated heterocycles. The zero-order valence-corrected chi connectivity index (χ0v) is 15.2. The number of aromatic carboxylic acids is 1. The number of carboxylic acids is 1. The molecule has 2 aromatic carbocycles. The first-order valence-electron chi connectivity index (χ1n) is 8.83. The average molecular weight is 364 g/mol. The van der Waals surface area contributed by atoms with Gasteiger partial charge in [0.1, 0.15) is 11.4 Å². The van der Waals surface area contributed by atoms with Gasteiger partial charge in [0.15, 0.2) is 0 Å². The molecule has 3 aromatic rings. The summed E-state index contributed by atoms with van der Waals surface area (Å²) < 4.78 is 5.29. The number of hydrogen-bond donors (Lipinski definition) is 2. The molecule has 0 bridgehead atoms. The maximum absolute atomic E-state index is 13.2.